The van der Waals surface area contributed by atoms with Gasteiger partial charge in [-0.05, 0) is 24.1 Å². The highest BCUT2D eigenvalue weighted by Crippen LogP contribution is 2.13. The van der Waals surface area contributed by atoms with Crippen molar-refractivity contribution in [1.82, 2.24) is 10.6 Å². The Balaban J connectivity index is 0.00000529. The molecule has 6 nitrogen and oxygen atoms in total. The number of nitrogens with one attached hydrogen (secondary N) is 2. The Kier molecular flexibility index (Phi) is 13.0. The van der Waals surface area contributed by atoms with Crippen LogP contribution in [0.25, 0.3) is 0 Å². The van der Waals surface area contributed by atoms with Gasteiger partial charge >= 0.3 is 0 Å². The number of halogens is 1. The lowest BCUT2D eigenvalue weighted by Gasteiger charge is -2.12. The summed E-state index contributed by atoms with van der Waals surface area (Å²) in [6, 6.07) is 7.55. The highest BCUT2D eigenvalue weighted by molar-refractivity contribution is 14.0. The molecule has 0 aliphatic rings. The van der Waals surface area contributed by atoms with E-state index in [-0.39, 0.29) is 30.6 Å². The number of unbranched alkanes of at least 4 members (excludes halogenated alkanes) is 3. The van der Waals surface area contributed by atoms with Crippen molar-refractivity contribution in [2.45, 2.75) is 39.2 Å². The molecule has 0 heterocycles. The fraction of sp³-hybridized carbons (Fsp3) is 0.529. The van der Waals surface area contributed by atoms with Crippen LogP contribution < -0.4 is 21.1 Å². The summed E-state index contributed by atoms with van der Waals surface area (Å²) in [4.78, 5) is 14.9. The molecular weight excluding hydrogens is 419 g/mol. The monoisotopic (exact) mass is 448 g/mol. The van der Waals surface area contributed by atoms with E-state index in [0.29, 0.717) is 12.3 Å². The summed E-state index contributed by atoms with van der Waals surface area (Å²) >= 11 is 0. The molecule has 7 heteroatoms. The number of carbonyl (C=O) groups excluding carboxylic acids is 1. The number of amides is 1. The average molecular weight is 448 g/mol. The molecule has 0 aromatic heterocycles. The summed E-state index contributed by atoms with van der Waals surface area (Å²) in [6.45, 7) is 3.64. The number of nitrogens with two attached hydrogens (primary N) is 1. The Morgan fingerprint density at radius 2 is 2.04 bits per heavy atom. The van der Waals surface area contributed by atoms with Crippen LogP contribution in [0.5, 0.6) is 5.75 Å². The summed E-state index contributed by atoms with van der Waals surface area (Å²) in [7, 11) is 1.76. The summed E-state index contributed by atoms with van der Waals surface area (Å²) in [6.07, 6.45) is 4.89. The van der Waals surface area contributed by atoms with Gasteiger partial charge in [-0.3, -0.25) is 9.79 Å². The number of guanidine groups is 1. The number of primary amides is 1. The summed E-state index contributed by atoms with van der Waals surface area (Å²) in [5.41, 5.74) is 6.11. The van der Waals surface area contributed by atoms with Crippen LogP contribution in [0.15, 0.2) is 29.3 Å². The number of hydrogen-bond donors (Lipinski definition) is 3. The van der Waals surface area contributed by atoms with E-state index in [4.69, 9.17) is 10.5 Å². The molecule has 1 rings (SSSR count). The number of benzene rings is 1. The first-order valence-electron chi connectivity index (χ1n) is 8.10. The van der Waals surface area contributed by atoms with Gasteiger partial charge in [-0.1, -0.05) is 38.3 Å². The molecule has 0 aliphatic carbocycles. The maximum absolute atomic E-state index is 10.7. The zero-order chi connectivity index (χ0) is 16.9. The maximum Gasteiger partial charge on any atom is 0.255 e. The Morgan fingerprint density at radius 1 is 1.25 bits per heavy atom. The molecule has 0 atom stereocenters. The van der Waals surface area contributed by atoms with Crippen molar-refractivity contribution in [3.05, 3.63) is 29.8 Å². The van der Waals surface area contributed by atoms with Crippen LogP contribution in [0.3, 0.4) is 0 Å². The lowest BCUT2D eigenvalue weighted by Crippen LogP contribution is -2.37. The van der Waals surface area contributed by atoms with E-state index in [0.717, 1.165) is 24.5 Å². The van der Waals surface area contributed by atoms with Crippen molar-refractivity contribution in [2.24, 2.45) is 10.7 Å². The predicted octanol–water partition coefficient (Wildman–Crippen LogP) is 2.41. The lowest BCUT2D eigenvalue weighted by atomic mass is 10.2. The lowest BCUT2D eigenvalue weighted by molar-refractivity contribution is -0.119. The van der Waals surface area contributed by atoms with Crippen LogP contribution in [0.2, 0.25) is 0 Å². The van der Waals surface area contributed by atoms with Gasteiger partial charge in [0.05, 0.1) is 0 Å². The number of aliphatic imine (C=N–C) groups is 1. The number of ether oxygens (including phenoxy) is 1. The molecule has 24 heavy (non-hydrogen) atoms. The van der Waals surface area contributed by atoms with Gasteiger partial charge in [-0.15, -0.1) is 24.0 Å². The Bertz CT molecular complexity index is 509. The SMILES string of the molecule is CCCCCCNC(=NC)NCc1cccc(OCC(N)=O)c1.I. The third kappa shape index (κ3) is 10.3. The molecule has 0 bridgehead atoms. The summed E-state index contributed by atoms with van der Waals surface area (Å²) in [5, 5.41) is 6.56. The minimum atomic E-state index is -0.485. The van der Waals surface area contributed by atoms with E-state index in [1.807, 2.05) is 18.2 Å². The average Bonchev–Trinajstić information content (AvgIpc) is 2.56. The van der Waals surface area contributed by atoms with Crippen LogP contribution in [0.1, 0.15) is 38.2 Å². The topological polar surface area (TPSA) is 88.7 Å². The molecule has 1 aromatic rings. The Morgan fingerprint density at radius 3 is 2.71 bits per heavy atom. The van der Waals surface area contributed by atoms with Gasteiger partial charge in [0.15, 0.2) is 12.6 Å². The van der Waals surface area contributed by atoms with Gasteiger partial charge < -0.3 is 21.1 Å². The van der Waals surface area contributed by atoms with Crippen molar-refractivity contribution in [1.29, 1.82) is 0 Å². The third-order valence-electron chi connectivity index (χ3n) is 3.29. The van der Waals surface area contributed by atoms with Crippen LogP contribution in [0, 0.1) is 0 Å². The van der Waals surface area contributed by atoms with Crippen LogP contribution in [-0.2, 0) is 11.3 Å². The van der Waals surface area contributed by atoms with E-state index in [1.54, 1.807) is 13.1 Å². The van der Waals surface area contributed by atoms with Crippen LogP contribution >= 0.6 is 24.0 Å². The summed E-state index contributed by atoms with van der Waals surface area (Å²) < 4.78 is 5.30. The largest absolute Gasteiger partial charge is 0.484 e. The predicted molar refractivity (Wildman–Crippen MR) is 109 cm³/mol. The molecule has 0 saturated heterocycles. The maximum atomic E-state index is 10.7. The first-order valence-corrected chi connectivity index (χ1v) is 8.10. The first kappa shape index (κ1) is 22.5. The molecule has 0 spiro atoms. The van der Waals surface area contributed by atoms with Crippen molar-refractivity contribution < 1.29 is 9.53 Å². The molecule has 0 aliphatic heterocycles. The Hall–Kier alpha value is -1.51. The minimum Gasteiger partial charge on any atom is -0.484 e. The molecule has 0 saturated carbocycles. The minimum absolute atomic E-state index is 0. The highest BCUT2D eigenvalue weighted by atomic mass is 127. The Labute approximate surface area is 161 Å². The van der Waals surface area contributed by atoms with E-state index in [2.05, 4.69) is 22.5 Å². The first-order chi connectivity index (χ1) is 11.2. The van der Waals surface area contributed by atoms with E-state index >= 15 is 0 Å². The third-order valence-corrected chi connectivity index (χ3v) is 3.29. The van der Waals surface area contributed by atoms with Crippen molar-refractivity contribution >= 4 is 35.8 Å². The number of nitrogens with zero attached hydrogens (tertiary/aromatic N) is 1. The van der Waals surface area contributed by atoms with E-state index in [1.165, 1.54) is 19.3 Å². The van der Waals surface area contributed by atoms with Crippen LogP contribution in [-0.4, -0.2) is 32.1 Å². The number of carbonyl (C=O) groups is 1. The van der Waals surface area contributed by atoms with Gasteiger partial charge in [0.2, 0.25) is 0 Å². The zero-order valence-electron chi connectivity index (χ0n) is 14.5. The van der Waals surface area contributed by atoms with E-state index < -0.39 is 5.91 Å². The molecule has 0 radical (unpaired) electrons. The van der Waals surface area contributed by atoms with Gasteiger partial charge in [-0.2, -0.15) is 0 Å². The standard InChI is InChI=1S/C17H28N4O2.HI/c1-3-4-5-6-10-20-17(19-2)21-12-14-8-7-9-15(11-14)23-13-16(18)22;/h7-9,11H,3-6,10,12-13H2,1-2H3,(H2,18,22)(H2,19,20,21);1H. The van der Waals surface area contributed by atoms with Crippen molar-refractivity contribution in [3.8, 4) is 5.75 Å². The molecule has 1 amide bonds. The van der Waals surface area contributed by atoms with Gasteiger partial charge in [0.25, 0.3) is 5.91 Å². The summed E-state index contributed by atoms with van der Waals surface area (Å²) in [5.74, 6) is 0.928. The molecule has 136 valence electrons. The quantitative estimate of drug-likeness (QED) is 0.222. The number of hydrogen-bond acceptors (Lipinski definition) is 3. The molecule has 0 fully saturated rings. The highest BCUT2D eigenvalue weighted by Gasteiger charge is 2.01. The fourth-order valence-corrected chi connectivity index (χ4v) is 2.06. The van der Waals surface area contributed by atoms with Gasteiger partial charge in [-0.25, -0.2) is 0 Å². The number of rotatable bonds is 10. The zero-order valence-corrected chi connectivity index (χ0v) is 16.8. The molecule has 0 unspecified atom stereocenters. The molecule has 4 N–H and O–H groups in total. The fourth-order valence-electron chi connectivity index (χ4n) is 2.06. The molecular formula is C17H29IN4O2. The van der Waals surface area contributed by atoms with Crippen molar-refractivity contribution in [3.63, 3.8) is 0 Å². The second-order valence-corrected chi connectivity index (χ2v) is 5.32. The van der Waals surface area contributed by atoms with Gasteiger partial charge in [0.1, 0.15) is 5.75 Å². The second kappa shape index (κ2) is 13.9. The van der Waals surface area contributed by atoms with E-state index in [9.17, 15) is 4.79 Å². The molecule has 1 aromatic carbocycles. The second-order valence-electron chi connectivity index (χ2n) is 5.32. The van der Waals surface area contributed by atoms with Gasteiger partial charge in [0, 0.05) is 20.1 Å². The van der Waals surface area contributed by atoms with Crippen molar-refractivity contribution in [2.75, 3.05) is 20.2 Å². The van der Waals surface area contributed by atoms with Crippen LogP contribution in [0.4, 0.5) is 0 Å². The normalized spacial score (nSPS) is 10.7. The smallest absolute Gasteiger partial charge is 0.255 e.